The van der Waals surface area contributed by atoms with Gasteiger partial charge < -0.3 is 29.6 Å². The number of H-pyrrole nitrogens is 1. The van der Waals surface area contributed by atoms with E-state index in [1.54, 1.807) is 19.1 Å². The standard InChI is InChI=1S/C27H30N8O4/c1-4-38-23(36)14-28-26(37)20-7-6-8-21-24(20)35(27(29-21)39-5-2)16-18-9-11-19(12-10-18)34-15-17(3)13-22(34)25-30-32-33-31-25/h6-13,15,27,29H,4-5,14,16H2,1-3H3,(H,28,37)(H,30,31,32,33). The fraction of sp³-hybridized carbons (Fsp3) is 0.296. The number of amides is 1. The number of tetrazole rings is 1. The minimum atomic E-state index is -0.485. The quantitative estimate of drug-likeness (QED) is 0.264. The number of ether oxygens (including phenoxy) is 2. The average Bonchev–Trinajstić information content (AvgIpc) is 3.67. The molecule has 0 aliphatic carbocycles. The zero-order valence-corrected chi connectivity index (χ0v) is 22.0. The van der Waals surface area contributed by atoms with E-state index in [4.69, 9.17) is 9.47 Å². The molecule has 12 nitrogen and oxygen atoms in total. The highest BCUT2D eigenvalue weighted by molar-refractivity contribution is 6.04. The van der Waals surface area contributed by atoms with Crippen LogP contribution in [-0.2, 0) is 20.8 Å². The molecule has 12 heteroatoms. The molecule has 0 saturated heterocycles. The molecule has 0 spiro atoms. The van der Waals surface area contributed by atoms with Crippen molar-refractivity contribution in [1.29, 1.82) is 0 Å². The predicted octanol–water partition coefficient (Wildman–Crippen LogP) is 3.01. The highest BCUT2D eigenvalue weighted by Gasteiger charge is 2.33. The number of anilines is 2. The second kappa shape index (κ2) is 11.4. The van der Waals surface area contributed by atoms with E-state index in [1.165, 1.54) is 0 Å². The first kappa shape index (κ1) is 25.9. The van der Waals surface area contributed by atoms with Gasteiger partial charge in [-0.2, -0.15) is 5.21 Å². The normalized spacial score (nSPS) is 14.1. The minimum Gasteiger partial charge on any atom is -0.465 e. The number of carbonyl (C=O) groups excluding carboxylic acids is 2. The molecule has 1 atom stereocenters. The fourth-order valence-corrected chi connectivity index (χ4v) is 4.60. The van der Waals surface area contributed by atoms with Crippen molar-refractivity contribution < 1.29 is 19.1 Å². The van der Waals surface area contributed by atoms with E-state index >= 15 is 0 Å². The van der Waals surface area contributed by atoms with Crippen LogP contribution in [0, 0.1) is 6.92 Å². The summed E-state index contributed by atoms with van der Waals surface area (Å²) in [5.74, 6) is -0.336. The van der Waals surface area contributed by atoms with Crippen LogP contribution in [0.5, 0.6) is 0 Å². The lowest BCUT2D eigenvalue weighted by molar-refractivity contribution is -0.141. The molecule has 1 aliphatic rings. The average molecular weight is 531 g/mol. The van der Waals surface area contributed by atoms with Gasteiger partial charge in [-0.15, -0.1) is 10.2 Å². The van der Waals surface area contributed by atoms with Crippen LogP contribution in [0.25, 0.3) is 17.2 Å². The van der Waals surface area contributed by atoms with Crippen molar-refractivity contribution in [3.63, 3.8) is 0 Å². The molecule has 0 fully saturated rings. The number of esters is 1. The molecular formula is C27H30N8O4. The van der Waals surface area contributed by atoms with Gasteiger partial charge in [0, 0.05) is 25.0 Å². The van der Waals surface area contributed by atoms with Gasteiger partial charge in [0.1, 0.15) is 6.54 Å². The van der Waals surface area contributed by atoms with Crippen LogP contribution in [-0.4, -0.2) is 63.2 Å². The number of fused-ring (bicyclic) bond motifs is 1. The molecule has 39 heavy (non-hydrogen) atoms. The third-order valence-corrected chi connectivity index (χ3v) is 6.25. The Morgan fingerprint density at radius 1 is 1.10 bits per heavy atom. The topological polar surface area (TPSA) is 139 Å². The Labute approximate surface area is 225 Å². The van der Waals surface area contributed by atoms with Crippen molar-refractivity contribution in [3.8, 4) is 17.2 Å². The number of hydrogen-bond donors (Lipinski definition) is 3. The number of nitrogens with zero attached hydrogens (tertiary/aromatic N) is 5. The summed E-state index contributed by atoms with van der Waals surface area (Å²) in [6.07, 6.45) is 1.56. The van der Waals surface area contributed by atoms with Gasteiger partial charge in [-0.3, -0.25) is 9.59 Å². The third-order valence-electron chi connectivity index (χ3n) is 6.25. The van der Waals surface area contributed by atoms with Gasteiger partial charge in [-0.25, -0.2) is 0 Å². The lowest BCUT2D eigenvalue weighted by Gasteiger charge is -2.27. The van der Waals surface area contributed by atoms with Crippen molar-refractivity contribution in [2.75, 3.05) is 30.0 Å². The molecule has 1 amide bonds. The summed E-state index contributed by atoms with van der Waals surface area (Å²) in [6, 6.07) is 15.6. The smallest absolute Gasteiger partial charge is 0.325 e. The fourth-order valence-electron chi connectivity index (χ4n) is 4.60. The predicted molar refractivity (Wildman–Crippen MR) is 144 cm³/mol. The number of nitrogens with one attached hydrogen (secondary N) is 3. The molecule has 202 valence electrons. The van der Waals surface area contributed by atoms with Crippen molar-refractivity contribution in [1.82, 2.24) is 30.5 Å². The van der Waals surface area contributed by atoms with E-state index < -0.39 is 12.3 Å². The molecule has 1 aliphatic heterocycles. The molecule has 2 aromatic heterocycles. The summed E-state index contributed by atoms with van der Waals surface area (Å²) >= 11 is 0. The van der Waals surface area contributed by atoms with Crippen molar-refractivity contribution >= 4 is 23.3 Å². The minimum absolute atomic E-state index is 0.204. The molecular weight excluding hydrogens is 500 g/mol. The molecule has 4 aromatic rings. The maximum absolute atomic E-state index is 13.1. The van der Waals surface area contributed by atoms with E-state index in [0.29, 0.717) is 30.2 Å². The SMILES string of the molecule is CCOC(=O)CNC(=O)c1cccc2c1N(Cc1ccc(-n3cc(C)cc3-c3nn[nH]n3)cc1)C(OCC)N2. The van der Waals surface area contributed by atoms with Crippen LogP contribution in [0.3, 0.4) is 0 Å². The van der Waals surface area contributed by atoms with Crippen molar-refractivity contribution in [3.05, 3.63) is 71.4 Å². The van der Waals surface area contributed by atoms with Crippen LogP contribution >= 0.6 is 0 Å². The first-order chi connectivity index (χ1) is 19.0. The first-order valence-corrected chi connectivity index (χ1v) is 12.7. The van der Waals surface area contributed by atoms with Gasteiger partial charge >= 0.3 is 5.97 Å². The monoisotopic (exact) mass is 530 g/mol. The Morgan fingerprint density at radius 2 is 1.92 bits per heavy atom. The van der Waals surface area contributed by atoms with E-state index in [2.05, 4.69) is 31.3 Å². The number of aryl methyl sites for hydroxylation is 1. The van der Waals surface area contributed by atoms with Crippen molar-refractivity contribution in [2.24, 2.45) is 0 Å². The zero-order valence-electron chi connectivity index (χ0n) is 22.0. The van der Waals surface area contributed by atoms with Gasteiger partial charge in [0.25, 0.3) is 5.91 Å². The Balaban J connectivity index is 1.40. The van der Waals surface area contributed by atoms with E-state index in [-0.39, 0.29) is 19.1 Å². The molecule has 1 unspecified atom stereocenters. The molecule has 3 heterocycles. The second-order valence-electron chi connectivity index (χ2n) is 8.94. The summed E-state index contributed by atoms with van der Waals surface area (Å²) in [7, 11) is 0. The number of carbonyl (C=O) groups is 2. The Bertz CT molecular complexity index is 1450. The van der Waals surface area contributed by atoms with E-state index in [1.807, 2.05) is 65.9 Å². The zero-order chi connectivity index (χ0) is 27.4. The number of rotatable bonds is 10. The van der Waals surface area contributed by atoms with Gasteiger partial charge in [0.05, 0.1) is 29.2 Å². The van der Waals surface area contributed by atoms with Gasteiger partial charge in [0.2, 0.25) is 12.2 Å². The molecule has 0 saturated carbocycles. The number of hydrogen-bond acceptors (Lipinski definition) is 9. The maximum Gasteiger partial charge on any atom is 0.325 e. The van der Waals surface area contributed by atoms with Gasteiger partial charge in [-0.1, -0.05) is 18.2 Å². The summed E-state index contributed by atoms with van der Waals surface area (Å²) in [5.41, 5.74) is 5.81. The highest BCUT2D eigenvalue weighted by Crippen LogP contribution is 2.39. The summed E-state index contributed by atoms with van der Waals surface area (Å²) in [4.78, 5) is 26.9. The maximum atomic E-state index is 13.1. The molecule has 0 bridgehead atoms. The van der Waals surface area contributed by atoms with Crippen LogP contribution in [0.15, 0.2) is 54.7 Å². The van der Waals surface area contributed by atoms with Gasteiger partial charge in [0.15, 0.2) is 0 Å². The Hall–Kier alpha value is -4.71. The number of benzene rings is 2. The lowest BCUT2D eigenvalue weighted by Crippen LogP contribution is -2.38. The van der Waals surface area contributed by atoms with Crippen LogP contribution in [0.4, 0.5) is 11.4 Å². The number of para-hydroxylation sites is 1. The second-order valence-corrected chi connectivity index (χ2v) is 8.94. The number of aromatic amines is 1. The summed E-state index contributed by atoms with van der Waals surface area (Å²) < 4.78 is 12.9. The van der Waals surface area contributed by atoms with Gasteiger partial charge in [-0.05, 0) is 67.4 Å². The van der Waals surface area contributed by atoms with Crippen LogP contribution < -0.4 is 15.5 Å². The Morgan fingerprint density at radius 3 is 2.64 bits per heavy atom. The van der Waals surface area contributed by atoms with Crippen LogP contribution in [0.2, 0.25) is 0 Å². The molecule has 5 rings (SSSR count). The third kappa shape index (κ3) is 5.46. The lowest BCUT2D eigenvalue weighted by atomic mass is 10.1. The Kier molecular flexibility index (Phi) is 7.55. The molecule has 2 aromatic carbocycles. The van der Waals surface area contributed by atoms with Crippen LogP contribution in [0.1, 0.15) is 35.3 Å². The van der Waals surface area contributed by atoms with E-state index in [9.17, 15) is 9.59 Å². The first-order valence-electron chi connectivity index (χ1n) is 12.7. The number of aromatic nitrogens is 5. The molecule has 0 radical (unpaired) electrons. The van der Waals surface area contributed by atoms with E-state index in [0.717, 1.165) is 28.2 Å². The largest absolute Gasteiger partial charge is 0.465 e. The highest BCUT2D eigenvalue weighted by atomic mass is 16.5. The summed E-state index contributed by atoms with van der Waals surface area (Å²) in [6.45, 7) is 6.67. The van der Waals surface area contributed by atoms with Crippen molar-refractivity contribution in [2.45, 2.75) is 33.7 Å². The molecule has 3 N–H and O–H groups in total. The summed E-state index contributed by atoms with van der Waals surface area (Å²) in [5, 5.41) is 20.4.